The molecule has 2 saturated heterocycles. The fourth-order valence-corrected chi connectivity index (χ4v) is 4.97. The van der Waals surface area contributed by atoms with E-state index < -0.39 is 0 Å². The van der Waals surface area contributed by atoms with Gasteiger partial charge in [-0.2, -0.15) is 0 Å². The molecule has 0 bridgehead atoms. The second kappa shape index (κ2) is 7.59. The van der Waals surface area contributed by atoms with Gasteiger partial charge < -0.3 is 13.9 Å². The third kappa shape index (κ3) is 3.71. The van der Waals surface area contributed by atoms with Crippen molar-refractivity contribution < 1.29 is 13.9 Å². The summed E-state index contributed by atoms with van der Waals surface area (Å²) in [5, 5.41) is 0. The molecule has 4 nitrogen and oxygen atoms in total. The van der Waals surface area contributed by atoms with Crippen molar-refractivity contribution in [1.29, 1.82) is 0 Å². The number of nitrogens with zero attached hydrogens (tertiary/aromatic N) is 1. The van der Waals surface area contributed by atoms with Gasteiger partial charge in [0.15, 0.2) is 0 Å². The highest BCUT2D eigenvalue weighted by atomic mass is 16.5. The summed E-state index contributed by atoms with van der Waals surface area (Å²) in [5.41, 5.74) is 1.46. The highest BCUT2D eigenvalue weighted by molar-refractivity contribution is 5.06. The van der Waals surface area contributed by atoms with Crippen LogP contribution in [0.15, 0.2) is 23.0 Å². The van der Waals surface area contributed by atoms with Crippen LogP contribution in [0.1, 0.15) is 50.5 Å². The predicted octanol–water partition coefficient (Wildman–Crippen LogP) is 3.86. The highest BCUT2D eigenvalue weighted by Crippen LogP contribution is 2.41. The van der Waals surface area contributed by atoms with E-state index in [4.69, 9.17) is 13.9 Å². The third-order valence-corrected chi connectivity index (χ3v) is 6.27. The summed E-state index contributed by atoms with van der Waals surface area (Å²) in [4.78, 5) is 2.56. The number of furan rings is 1. The first-order chi connectivity index (χ1) is 11.8. The Kier molecular flexibility index (Phi) is 5.25. The fourth-order valence-electron chi connectivity index (χ4n) is 4.97. The first kappa shape index (κ1) is 16.6. The lowest BCUT2D eigenvalue weighted by Crippen LogP contribution is -2.56. The molecular formula is C20H31NO3. The monoisotopic (exact) mass is 333 g/mol. The molecule has 2 atom stereocenters. The quantitative estimate of drug-likeness (QED) is 0.792. The van der Waals surface area contributed by atoms with E-state index in [0.29, 0.717) is 6.10 Å². The second-order valence-corrected chi connectivity index (χ2v) is 8.12. The van der Waals surface area contributed by atoms with Gasteiger partial charge in [-0.05, 0) is 44.1 Å². The van der Waals surface area contributed by atoms with E-state index in [1.807, 2.05) is 6.26 Å². The molecule has 0 aromatic carbocycles. The molecule has 0 N–H and O–H groups in total. The molecule has 3 heterocycles. The topological polar surface area (TPSA) is 34.8 Å². The molecule has 2 aliphatic heterocycles. The third-order valence-electron chi connectivity index (χ3n) is 6.27. The SMILES string of the molecule is c1cc(CN2CC[C@@H]3OCCC[C@]3(COCC3CCCC3)C2)co1. The molecule has 4 rings (SSSR count). The number of likely N-dealkylation sites (tertiary alicyclic amines) is 1. The van der Waals surface area contributed by atoms with E-state index in [2.05, 4.69) is 11.0 Å². The van der Waals surface area contributed by atoms with Crippen LogP contribution in [0.5, 0.6) is 0 Å². The van der Waals surface area contributed by atoms with Crippen molar-refractivity contribution in [1.82, 2.24) is 4.90 Å². The van der Waals surface area contributed by atoms with Gasteiger partial charge >= 0.3 is 0 Å². The van der Waals surface area contributed by atoms with Gasteiger partial charge in [0.25, 0.3) is 0 Å². The van der Waals surface area contributed by atoms with Crippen LogP contribution >= 0.6 is 0 Å². The summed E-state index contributed by atoms with van der Waals surface area (Å²) in [7, 11) is 0. The van der Waals surface area contributed by atoms with Crippen LogP contribution in [0.4, 0.5) is 0 Å². The van der Waals surface area contributed by atoms with Crippen LogP contribution in [0.3, 0.4) is 0 Å². The van der Waals surface area contributed by atoms with E-state index in [-0.39, 0.29) is 5.41 Å². The normalized spacial score (nSPS) is 32.1. The van der Waals surface area contributed by atoms with Crippen molar-refractivity contribution in [3.8, 4) is 0 Å². The largest absolute Gasteiger partial charge is 0.472 e. The zero-order chi connectivity index (χ0) is 16.2. The van der Waals surface area contributed by atoms with Crippen molar-refractivity contribution in [3.63, 3.8) is 0 Å². The maximum atomic E-state index is 6.28. The van der Waals surface area contributed by atoms with Gasteiger partial charge in [0.1, 0.15) is 0 Å². The predicted molar refractivity (Wildman–Crippen MR) is 92.8 cm³/mol. The number of hydrogen-bond donors (Lipinski definition) is 0. The minimum absolute atomic E-state index is 0.193. The Balaban J connectivity index is 1.37. The van der Waals surface area contributed by atoms with Gasteiger partial charge in [0, 0.05) is 43.8 Å². The number of rotatable bonds is 6. The Hall–Kier alpha value is -0.840. The number of hydrogen-bond acceptors (Lipinski definition) is 4. The van der Waals surface area contributed by atoms with Crippen molar-refractivity contribution in [3.05, 3.63) is 24.2 Å². The summed E-state index contributed by atoms with van der Waals surface area (Å²) in [6, 6.07) is 2.08. The molecular weight excluding hydrogens is 302 g/mol. The van der Waals surface area contributed by atoms with Crippen LogP contribution < -0.4 is 0 Å². The van der Waals surface area contributed by atoms with Crippen molar-refractivity contribution >= 4 is 0 Å². The Morgan fingerprint density at radius 2 is 2.12 bits per heavy atom. The lowest BCUT2D eigenvalue weighted by atomic mass is 9.73. The molecule has 0 spiro atoms. The minimum atomic E-state index is 0.193. The lowest BCUT2D eigenvalue weighted by Gasteiger charge is -2.50. The zero-order valence-electron chi connectivity index (χ0n) is 14.8. The molecule has 3 aliphatic rings. The Morgan fingerprint density at radius 3 is 2.96 bits per heavy atom. The maximum absolute atomic E-state index is 6.28. The highest BCUT2D eigenvalue weighted by Gasteiger charge is 2.46. The summed E-state index contributed by atoms with van der Waals surface area (Å²) >= 11 is 0. The van der Waals surface area contributed by atoms with Gasteiger partial charge in [-0.15, -0.1) is 0 Å². The Bertz CT molecular complexity index is 497. The summed E-state index contributed by atoms with van der Waals surface area (Å²) < 4.78 is 17.7. The number of fused-ring (bicyclic) bond motifs is 1. The van der Waals surface area contributed by atoms with Crippen LogP contribution in [-0.4, -0.2) is 43.9 Å². The molecule has 3 fully saturated rings. The molecule has 1 aromatic rings. The Labute approximate surface area is 145 Å². The standard InChI is InChI=1S/C20H31NO3/c1-2-5-17(4-1)13-23-16-20-8-3-10-24-19(20)6-9-21(15-20)12-18-7-11-22-14-18/h7,11,14,17,19H,1-6,8-10,12-13,15-16H2/t19-,20+/m0/s1. The van der Waals surface area contributed by atoms with E-state index in [1.54, 1.807) is 6.26 Å². The fraction of sp³-hybridized carbons (Fsp3) is 0.800. The van der Waals surface area contributed by atoms with Gasteiger partial charge in [-0.1, -0.05) is 12.8 Å². The molecule has 1 aromatic heterocycles. The first-order valence-corrected chi connectivity index (χ1v) is 9.77. The molecule has 134 valence electrons. The minimum Gasteiger partial charge on any atom is -0.472 e. The molecule has 1 saturated carbocycles. The van der Waals surface area contributed by atoms with E-state index in [0.717, 1.165) is 51.8 Å². The van der Waals surface area contributed by atoms with Crippen LogP contribution in [0.25, 0.3) is 0 Å². The number of ether oxygens (including phenoxy) is 2. The number of piperidine rings is 1. The smallest absolute Gasteiger partial charge is 0.0947 e. The van der Waals surface area contributed by atoms with Gasteiger partial charge in [0.05, 0.1) is 25.2 Å². The van der Waals surface area contributed by atoms with Gasteiger partial charge in [-0.3, -0.25) is 4.90 Å². The molecule has 0 radical (unpaired) electrons. The van der Waals surface area contributed by atoms with Crippen molar-refractivity contribution in [2.24, 2.45) is 11.3 Å². The van der Waals surface area contributed by atoms with E-state index in [1.165, 1.54) is 44.1 Å². The molecule has 24 heavy (non-hydrogen) atoms. The lowest BCUT2D eigenvalue weighted by molar-refractivity contribution is -0.155. The summed E-state index contributed by atoms with van der Waals surface area (Å²) in [5.74, 6) is 0.801. The average Bonchev–Trinajstić information content (AvgIpc) is 3.28. The Morgan fingerprint density at radius 1 is 1.21 bits per heavy atom. The maximum Gasteiger partial charge on any atom is 0.0947 e. The zero-order valence-corrected chi connectivity index (χ0v) is 14.8. The molecule has 4 heteroatoms. The molecule has 1 aliphatic carbocycles. The van der Waals surface area contributed by atoms with E-state index >= 15 is 0 Å². The first-order valence-electron chi connectivity index (χ1n) is 9.77. The van der Waals surface area contributed by atoms with Crippen molar-refractivity contribution in [2.75, 3.05) is 32.9 Å². The van der Waals surface area contributed by atoms with E-state index in [9.17, 15) is 0 Å². The van der Waals surface area contributed by atoms with Crippen molar-refractivity contribution in [2.45, 2.75) is 57.6 Å². The molecule has 0 amide bonds. The van der Waals surface area contributed by atoms with Crippen LogP contribution in [0, 0.1) is 11.3 Å². The van der Waals surface area contributed by atoms with Crippen LogP contribution in [-0.2, 0) is 16.0 Å². The van der Waals surface area contributed by atoms with Gasteiger partial charge in [-0.25, -0.2) is 0 Å². The average molecular weight is 333 g/mol. The van der Waals surface area contributed by atoms with Crippen LogP contribution in [0.2, 0.25) is 0 Å². The summed E-state index contributed by atoms with van der Waals surface area (Å²) in [6.07, 6.45) is 13.1. The molecule has 0 unspecified atom stereocenters. The van der Waals surface area contributed by atoms with Gasteiger partial charge in [0.2, 0.25) is 0 Å². The summed E-state index contributed by atoms with van der Waals surface area (Å²) in [6.45, 7) is 5.93. The second-order valence-electron chi connectivity index (χ2n) is 8.12.